The lowest BCUT2D eigenvalue weighted by molar-refractivity contribution is 0.624. The molecule has 1 aromatic heterocycles. The summed E-state index contributed by atoms with van der Waals surface area (Å²) in [5, 5.41) is 3.34. The smallest absolute Gasteiger partial charge is 0.141 e. The molecule has 0 atom stereocenters. The van der Waals surface area contributed by atoms with Crippen molar-refractivity contribution in [3.05, 3.63) is 44.9 Å². The molecule has 2 heterocycles. The number of aromatic amines is 1. The maximum atomic E-state index is 13.2. The largest absolute Gasteiger partial charge is 0.343 e. The molecule has 1 aliphatic rings. The van der Waals surface area contributed by atoms with Gasteiger partial charge in [-0.25, -0.2) is 9.37 Å². The van der Waals surface area contributed by atoms with Crippen LogP contribution in [0.5, 0.6) is 0 Å². The molecule has 1 aromatic carbocycles. The monoisotopic (exact) mass is 295 g/mol. The Bertz CT molecular complexity index is 699. The third kappa shape index (κ3) is 2.41. The van der Waals surface area contributed by atoms with E-state index >= 15 is 0 Å². The van der Waals surface area contributed by atoms with Crippen molar-refractivity contribution in [3.63, 3.8) is 0 Å². The van der Waals surface area contributed by atoms with Crippen molar-refractivity contribution in [2.45, 2.75) is 13.0 Å². The number of nitrogens with one attached hydrogen (secondary N) is 2. The molecule has 3 nitrogen and oxygen atoms in total. The molecular formula is C13H11ClFN3S. The van der Waals surface area contributed by atoms with Crippen LogP contribution in [0.25, 0.3) is 11.4 Å². The first-order valence-corrected chi connectivity index (χ1v) is 6.72. The summed E-state index contributed by atoms with van der Waals surface area (Å²) in [5.41, 5.74) is 2.87. The summed E-state index contributed by atoms with van der Waals surface area (Å²) in [7, 11) is 0. The second-order valence-corrected chi connectivity index (χ2v) is 5.20. The molecular weight excluding hydrogens is 285 g/mol. The van der Waals surface area contributed by atoms with Crippen molar-refractivity contribution in [2.75, 3.05) is 6.54 Å². The van der Waals surface area contributed by atoms with Crippen LogP contribution < -0.4 is 5.32 Å². The average Bonchev–Trinajstić information content (AvgIpc) is 2.42. The van der Waals surface area contributed by atoms with Crippen LogP contribution in [0.4, 0.5) is 4.39 Å². The summed E-state index contributed by atoms with van der Waals surface area (Å²) < 4.78 is 13.8. The molecule has 0 radical (unpaired) electrons. The Hall–Kier alpha value is -1.30. The van der Waals surface area contributed by atoms with E-state index in [0.717, 1.165) is 36.3 Å². The Balaban J connectivity index is 2.12. The van der Waals surface area contributed by atoms with Gasteiger partial charge in [0.2, 0.25) is 0 Å². The van der Waals surface area contributed by atoms with E-state index in [1.807, 2.05) is 0 Å². The topological polar surface area (TPSA) is 40.7 Å². The average molecular weight is 296 g/mol. The van der Waals surface area contributed by atoms with Gasteiger partial charge < -0.3 is 10.3 Å². The summed E-state index contributed by atoms with van der Waals surface area (Å²) in [6, 6.07) is 4.53. The van der Waals surface area contributed by atoms with Crippen LogP contribution in [-0.4, -0.2) is 16.5 Å². The molecule has 0 unspecified atom stereocenters. The standard InChI is InChI=1S/C13H11ClFN3S/c14-9-5-7(1-2-10(9)15)12-17-11-3-4-16-6-8(11)13(19)18-12/h1-2,5,16H,3-4,6H2,(H,17,18,19). The molecule has 19 heavy (non-hydrogen) atoms. The minimum Gasteiger partial charge on any atom is -0.343 e. The number of nitrogens with zero attached hydrogens (tertiary/aromatic N) is 1. The molecule has 0 saturated carbocycles. The number of aromatic nitrogens is 2. The van der Waals surface area contributed by atoms with E-state index in [9.17, 15) is 4.39 Å². The van der Waals surface area contributed by atoms with Crippen LogP contribution in [0.15, 0.2) is 18.2 Å². The number of hydrogen-bond donors (Lipinski definition) is 2. The summed E-state index contributed by atoms with van der Waals surface area (Å²) in [6.45, 7) is 1.65. The van der Waals surface area contributed by atoms with Gasteiger partial charge in [-0.15, -0.1) is 0 Å². The fourth-order valence-corrected chi connectivity index (χ4v) is 2.61. The number of halogens is 2. The van der Waals surface area contributed by atoms with Crippen LogP contribution in [0.2, 0.25) is 5.02 Å². The SMILES string of the molecule is Fc1ccc(-c2nc(=S)c3c([nH]2)CCNC3)cc1Cl. The van der Waals surface area contributed by atoms with Gasteiger partial charge >= 0.3 is 0 Å². The quantitative estimate of drug-likeness (QED) is 0.794. The van der Waals surface area contributed by atoms with Crippen LogP contribution in [-0.2, 0) is 13.0 Å². The number of benzene rings is 1. The minimum absolute atomic E-state index is 0.0815. The van der Waals surface area contributed by atoms with Crippen molar-refractivity contribution in [1.29, 1.82) is 0 Å². The lowest BCUT2D eigenvalue weighted by Crippen LogP contribution is -2.25. The van der Waals surface area contributed by atoms with Gasteiger partial charge in [0.25, 0.3) is 0 Å². The van der Waals surface area contributed by atoms with Crippen LogP contribution in [0, 0.1) is 10.5 Å². The summed E-state index contributed by atoms with van der Waals surface area (Å²) in [4.78, 5) is 7.64. The van der Waals surface area contributed by atoms with Gasteiger partial charge in [-0.05, 0) is 18.2 Å². The third-order valence-electron chi connectivity index (χ3n) is 3.15. The van der Waals surface area contributed by atoms with Gasteiger partial charge in [0.05, 0.1) is 5.02 Å². The Labute approximate surface area is 119 Å². The molecule has 1 aliphatic heterocycles. The molecule has 0 saturated heterocycles. The second-order valence-electron chi connectivity index (χ2n) is 4.40. The first-order chi connectivity index (χ1) is 9.15. The Morgan fingerprint density at radius 1 is 1.37 bits per heavy atom. The normalized spacial score (nSPS) is 14.2. The molecule has 0 spiro atoms. The van der Waals surface area contributed by atoms with E-state index in [1.54, 1.807) is 12.1 Å². The lowest BCUT2D eigenvalue weighted by atomic mass is 10.1. The van der Waals surface area contributed by atoms with E-state index in [4.69, 9.17) is 23.8 Å². The van der Waals surface area contributed by atoms with Crippen molar-refractivity contribution >= 4 is 23.8 Å². The first-order valence-electron chi connectivity index (χ1n) is 5.93. The molecule has 0 fully saturated rings. The zero-order valence-electron chi connectivity index (χ0n) is 9.96. The Kier molecular flexibility index (Phi) is 3.35. The number of rotatable bonds is 1. The zero-order chi connectivity index (χ0) is 13.4. The first kappa shape index (κ1) is 12.7. The van der Waals surface area contributed by atoms with Gasteiger partial charge in [0, 0.05) is 36.3 Å². The Morgan fingerprint density at radius 2 is 2.21 bits per heavy atom. The van der Waals surface area contributed by atoms with Crippen molar-refractivity contribution < 1.29 is 4.39 Å². The Morgan fingerprint density at radius 3 is 3.00 bits per heavy atom. The van der Waals surface area contributed by atoms with Gasteiger partial charge in [0.1, 0.15) is 16.3 Å². The maximum absolute atomic E-state index is 13.2. The van der Waals surface area contributed by atoms with Crippen molar-refractivity contribution in [2.24, 2.45) is 0 Å². The fourth-order valence-electron chi connectivity index (χ4n) is 2.15. The summed E-state index contributed by atoms with van der Waals surface area (Å²) in [6.07, 6.45) is 0.878. The third-order valence-corrected chi connectivity index (χ3v) is 3.78. The van der Waals surface area contributed by atoms with Gasteiger partial charge in [-0.2, -0.15) is 0 Å². The highest BCUT2D eigenvalue weighted by molar-refractivity contribution is 7.71. The number of fused-ring (bicyclic) bond motifs is 1. The predicted octanol–water partition coefficient (Wildman–Crippen LogP) is 3.24. The molecule has 2 N–H and O–H groups in total. The highest BCUT2D eigenvalue weighted by Crippen LogP contribution is 2.24. The maximum Gasteiger partial charge on any atom is 0.141 e. The molecule has 3 rings (SSSR count). The zero-order valence-corrected chi connectivity index (χ0v) is 11.5. The highest BCUT2D eigenvalue weighted by Gasteiger charge is 2.14. The molecule has 2 aromatic rings. The fraction of sp³-hybridized carbons (Fsp3) is 0.231. The van der Waals surface area contributed by atoms with Crippen LogP contribution in [0.3, 0.4) is 0 Å². The second kappa shape index (κ2) is 5.00. The van der Waals surface area contributed by atoms with E-state index in [2.05, 4.69) is 15.3 Å². The number of hydrogen-bond acceptors (Lipinski definition) is 3. The van der Waals surface area contributed by atoms with E-state index in [1.165, 1.54) is 6.07 Å². The lowest BCUT2D eigenvalue weighted by Gasteiger charge is -2.17. The summed E-state index contributed by atoms with van der Waals surface area (Å²) >= 11 is 11.1. The van der Waals surface area contributed by atoms with E-state index in [-0.39, 0.29) is 5.02 Å². The van der Waals surface area contributed by atoms with E-state index in [0.29, 0.717) is 10.5 Å². The van der Waals surface area contributed by atoms with Gasteiger partial charge in [-0.3, -0.25) is 0 Å². The molecule has 0 amide bonds. The molecule has 0 aliphatic carbocycles. The number of H-pyrrole nitrogens is 1. The van der Waals surface area contributed by atoms with Gasteiger partial charge in [-0.1, -0.05) is 23.8 Å². The summed E-state index contributed by atoms with van der Waals surface area (Å²) in [5.74, 6) is 0.193. The van der Waals surface area contributed by atoms with Crippen molar-refractivity contribution in [3.8, 4) is 11.4 Å². The molecule has 6 heteroatoms. The van der Waals surface area contributed by atoms with Gasteiger partial charge in [0.15, 0.2) is 0 Å². The minimum atomic E-state index is -0.439. The van der Waals surface area contributed by atoms with Crippen LogP contribution >= 0.6 is 23.8 Å². The molecule has 98 valence electrons. The predicted molar refractivity (Wildman–Crippen MR) is 75.2 cm³/mol. The van der Waals surface area contributed by atoms with E-state index < -0.39 is 5.82 Å². The highest BCUT2D eigenvalue weighted by atomic mass is 35.5. The van der Waals surface area contributed by atoms with Crippen LogP contribution in [0.1, 0.15) is 11.3 Å². The molecule has 0 bridgehead atoms. The van der Waals surface area contributed by atoms with Crippen molar-refractivity contribution in [1.82, 2.24) is 15.3 Å².